The number of hydrogen-bond acceptors (Lipinski definition) is 5. The number of methoxy groups -OCH3 is 1. The van der Waals surface area contributed by atoms with E-state index in [1.165, 1.54) is 25.3 Å². The lowest BCUT2D eigenvalue weighted by molar-refractivity contribution is -0.116. The third-order valence-corrected chi connectivity index (χ3v) is 5.11. The topological polar surface area (TPSA) is 102 Å². The lowest BCUT2D eigenvalue weighted by Crippen LogP contribution is -2.28. The molecule has 1 amide bonds. The molecule has 26 heavy (non-hydrogen) atoms. The van der Waals surface area contributed by atoms with Crippen molar-refractivity contribution in [3.63, 3.8) is 0 Å². The predicted molar refractivity (Wildman–Crippen MR) is 97.4 cm³/mol. The Hall–Kier alpha value is -2.71. The van der Waals surface area contributed by atoms with E-state index in [0.717, 1.165) is 5.56 Å². The molecule has 0 aromatic heterocycles. The molecule has 0 unspecified atom stereocenters. The van der Waals surface area contributed by atoms with Gasteiger partial charge in [-0.05, 0) is 36.8 Å². The zero-order chi connectivity index (χ0) is 19.2. The number of esters is 1. The fourth-order valence-electron chi connectivity index (χ4n) is 2.20. The highest BCUT2D eigenvalue weighted by molar-refractivity contribution is 7.89. The average Bonchev–Trinajstić information content (AvgIpc) is 2.63. The quantitative estimate of drug-likeness (QED) is 0.721. The van der Waals surface area contributed by atoms with Gasteiger partial charge in [-0.25, -0.2) is 17.9 Å². The molecule has 0 heterocycles. The normalized spacial score (nSPS) is 11.0. The maximum atomic E-state index is 12.1. The smallest absolute Gasteiger partial charge is 0.337 e. The van der Waals surface area contributed by atoms with E-state index in [0.29, 0.717) is 11.3 Å². The number of benzene rings is 2. The van der Waals surface area contributed by atoms with Gasteiger partial charge >= 0.3 is 5.97 Å². The molecule has 0 spiro atoms. The Kier molecular flexibility index (Phi) is 6.48. The number of amides is 1. The third kappa shape index (κ3) is 5.14. The van der Waals surface area contributed by atoms with Gasteiger partial charge in [0.2, 0.25) is 15.9 Å². The molecule has 0 atom stereocenters. The van der Waals surface area contributed by atoms with Crippen molar-refractivity contribution in [1.82, 2.24) is 4.72 Å². The number of ether oxygens (including phenoxy) is 1. The number of anilines is 1. The van der Waals surface area contributed by atoms with Crippen molar-refractivity contribution in [3.05, 3.63) is 59.7 Å². The minimum Gasteiger partial charge on any atom is -0.465 e. The van der Waals surface area contributed by atoms with Crippen LogP contribution in [-0.4, -0.2) is 33.9 Å². The number of aryl methyl sites for hydroxylation is 1. The zero-order valence-corrected chi connectivity index (χ0v) is 15.3. The summed E-state index contributed by atoms with van der Waals surface area (Å²) >= 11 is 0. The minimum absolute atomic E-state index is 0.0429. The summed E-state index contributed by atoms with van der Waals surface area (Å²) in [5.74, 6) is -0.873. The summed E-state index contributed by atoms with van der Waals surface area (Å²) in [6.07, 6.45) is -0.0477. The Morgan fingerprint density at radius 1 is 1.08 bits per heavy atom. The molecular formula is C18H20N2O5S. The summed E-state index contributed by atoms with van der Waals surface area (Å²) in [7, 11) is -2.37. The number of sulfonamides is 1. The van der Waals surface area contributed by atoms with Gasteiger partial charge in [-0.15, -0.1) is 0 Å². The van der Waals surface area contributed by atoms with Gasteiger partial charge in [0.25, 0.3) is 0 Å². The predicted octanol–water partition coefficient (Wildman–Crippen LogP) is 2.09. The van der Waals surface area contributed by atoms with Gasteiger partial charge in [0.15, 0.2) is 0 Å². The molecule has 2 N–H and O–H groups in total. The van der Waals surface area contributed by atoms with Crippen LogP contribution in [0.2, 0.25) is 0 Å². The van der Waals surface area contributed by atoms with E-state index in [1.54, 1.807) is 37.3 Å². The van der Waals surface area contributed by atoms with Crippen molar-refractivity contribution in [2.24, 2.45) is 0 Å². The molecule has 0 fully saturated rings. The number of carbonyl (C=O) groups is 2. The second-order valence-electron chi connectivity index (χ2n) is 5.53. The van der Waals surface area contributed by atoms with Crippen LogP contribution in [0.5, 0.6) is 0 Å². The van der Waals surface area contributed by atoms with Gasteiger partial charge in [-0.3, -0.25) is 4.79 Å². The molecule has 0 aliphatic rings. The second kappa shape index (κ2) is 8.59. The molecule has 0 saturated heterocycles. The van der Waals surface area contributed by atoms with Crippen LogP contribution >= 0.6 is 0 Å². The van der Waals surface area contributed by atoms with E-state index in [2.05, 4.69) is 14.8 Å². The Morgan fingerprint density at radius 3 is 2.42 bits per heavy atom. The van der Waals surface area contributed by atoms with E-state index < -0.39 is 16.0 Å². The number of hydrogen-bond donors (Lipinski definition) is 2. The van der Waals surface area contributed by atoms with Crippen LogP contribution in [0.15, 0.2) is 53.4 Å². The Morgan fingerprint density at radius 2 is 1.77 bits per heavy atom. The van der Waals surface area contributed by atoms with Crippen LogP contribution in [0.1, 0.15) is 22.3 Å². The van der Waals surface area contributed by atoms with Crippen LogP contribution < -0.4 is 10.0 Å². The Balaban J connectivity index is 1.94. The van der Waals surface area contributed by atoms with Crippen LogP contribution in [0.25, 0.3) is 0 Å². The van der Waals surface area contributed by atoms with E-state index in [4.69, 9.17) is 0 Å². The first-order valence-electron chi connectivity index (χ1n) is 7.87. The highest BCUT2D eigenvalue weighted by Gasteiger charge is 2.14. The highest BCUT2D eigenvalue weighted by atomic mass is 32.2. The number of nitrogens with one attached hydrogen (secondary N) is 2. The molecule has 0 radical (unpaired) electrons. The van der Waals surface area contributed by atoms with Crippen LogP contribution in [0.4, 0.5) is 5.69 Å². The zero-order valence-electron chi connectivity index (χ0n) is 14.5. The van der Waals surface area contributed by atoms with Crippen molar-refractivity contribution >= 4 is 27.6 Å². The molecule has 7 nitrogen and oxygen atoms in total. The van der Waals surface area contributed by atoms with E-state index in [-0.39, 0.29) is 23.8 Å². The summed E-state index contributed by atoms with van der Waals surface area (Å²) < 4.78 is 31.2. The van der Waals surface area contributed by atoms with Crippen molar-refractivity contribution < 1.29 is 22.7 Å². The Labute approximate surface area is 152 Å². The van der Waals surface area contributed by atoms with Gasteiger partial charge in [-0.2, -0.15) is 0 Å². The van der Waals surface area contributed by atoms with E-state index in [1.807, 2.05) is 0 Å². The molecule has 0 saturated carbocycles. The number of carbonyl (C=O) groups excluding carboxylic acids is 2. The molecule has 2 aromatic carbocycles. The van der Waals surface area contributed by atoms with Crippen molar-refractivity contribution in [3.8, 4) is 0 Å². The molecule has 2 rings (SSSR count). The first-order valence-corrected chi connectivity index (χ1v) is 9.35. The average molecular weight is 376 g/mol. The summed E-state index contributed by atoms with van der Waals surface area (Å²) in [5.41, 5.74) is 1.57. The molecule has 0 aliphatic carbocycles. The summed E-state index contributed by atoms with van der Waals surface area (Å²) in [6, 6.07) is 12.7. The first-order chi connectivity index (χ1) is 12.3. The molecule has 0 bridgehead atoms. The van der Waals surface area contributed by atoms with Crippen molar-refractivity contribution in [2.45, 2.75) is 18.2 Å². The molecule has 2 aromatic rings. The number of rotatable bonds is 7. The van der Waals surface area contributed by atoms with Crippen LogP contribution in [-0.2, 0) is 19.6 Å². The molecule has 0 aliphatic heterocycles. The van der Waals surface area contributed by atoms with Crippen LogP contribution in [0.3, 0.4) is 0 Å². The summed E-state index contributed by atoms with van der Waals surface area (Å²) in [4.78, 5) is 23.8. The maximum Gasteiger partial charge on any atom is 0.337 e. The second-order valence-corrected chi connectivity index (χ2v) is 7.30. The minimum atomic E-state index is -3.65. The third-order valence-electron chi connectivity index (χ3n) is 3.63. The fraction of sp³-hybridized carbons (Fsp3) is 0.222. The van der Waals surface area contributed by atoms with E-state index >= 15 is 0 Å². The van der Waals surface area contributed by atoms with E-state index in [9.17, 15) is 18.0 Å². The standard InChI is InChI=1S/C18H20N2O5S/c1-13-8-9-14(18(22)25-2)12-16(13)20-17(21)10-11-19-26(23,24)15-6-4-3-5-7-15/h3-9,12,19H,10-11H2,1-2H3,(H,20,21). The monoisotopic (exact) mass is 376 g/mol. The SMILES string of the molecule is COC(=O)c1ccc(C)c(NC(=O)CCNS(=O)(=O)c2ccccc2)c1. The largest absolute Gasteiger partial charge is 0.465 e. The first kappa shape index (κ1) is 19.6. The molecule has 8 heteroatoms. The highest BCUT2D eigenvalue weighted by Crippen LogP contribution is 2.18. The molecule has 138 valence electrons. The van der Waals surface area contributed by atoms with Crippen LogP contribution in [0, 0.1) is 6.92 Å². The summed E-state index contributed by atoms with van der Waals surface area (Å²) in [5, 5.41) is 2.67. The van der Waals surface area contributed by atoms with Crippen molar-refractivity contribution in [1.29, 1.82) is 0 Å². The fourth-order valence-corrected chi connectivity index (χ4v) is 3.25. The van der Waals surface area contributed by atoms with Gasteiger partial charge < -0.3 is 10.1 Å². The Bertz CT molecular complexity index is 895. The van der Waals surface area contributed by atoms with Gasteiger partial charge in [-0.1, -0.05) is 24.3 Å². The summed E-state index contributed by atoms with van der Waals surface area (Å²) in [6.45, 7) is 1.74. The molecular weight excluding hydrogens is 356 g/mol. The van der Waals surface area contributed by atoms with Gasteiger partial charge in [0.05, 0.1) is 17.6 Å². The lowest BCUT2D eigenvalue weighted by atomic mass is 10.1. The van der Waals surface area contributed by atoms with Gasteiger partial charge in [0.1, 0.15) is 0 Å². The van der Waals surface area contributed by atoms with Gasteiger partial charge in [0, 0.05) is 18.7 Å². The lowest BCUT2D eigenvalue weighted by Gasteiger charge is -2.11. The maximum absolute atomic E-state index is 12.1. The van der Waals surface area contributed by atoms with Crippen molar-refractivity contribution in [2.75, 3.05) is 19.0 Å².